The molecule has 6 saturated heterocycles. The molecular formula is C77H129BF4Li2N6Na4O35S2. The minimum Gasteiger partial charge on any atom is -1.00 e. The summed E-state index contributed by atoms with van der Waals surface area (Å²) in [5.41, 5.74) is -0.795. The van der Waals surface area contributed by atoms with Gasteiger partial charge in [-0.05, 0) is 173 Å². The van der Waals surface area contributed by atoms with Crippen LogP contribution >= 0.6 is 0 Å². The van der Waals surface area contributed by atoms with Crippen LogP contribution in [0, 0.1) is 23.7 Å². The number of carbonyl (C=O) groups is 10. The third kappa shape index (κ3) is 55.3. The number of rotatable bonds is 16. The van der Waals surface area contributed by atoms with Gasteiger partial charge in [0.2, 0.25) is 11.8 Å². The van der Waals surface area contributed by atoms with Crippen LogP contribution in [-0.4, -0.2) is 304 Å². The van der Waals surface area contributed by atoms with E-state index in [0.717, 1.165) is 41.7 Å². The number of carboxylic acids is 2. The van der Waals surface area contributed by atoms with E-state index in [1.165, 1.54) is 35.8 Å². The van der Waals surface area contributed by atoms with E-state index in [0.29, 0.717) is 51.9 Å². The molecule has 2 aromatic carbocycles. The monoisotopic (exact) mass is 1950 g/mol. The molecule has 0 radical (unpaired) electrons. The number of aliphatic hydroxyl groups is 2. The number of carboxylic acid groups (broad SMARTS) is 2. The van der Waals surface area contributed by atoms with E-state index in [4.69, 9.17) is 95.1 Å². The summed E-state index contributed by atoms with van der Waals surface area (Å²) in [6.45, 7) is 33.5. The average Bonchev–Trinajstić information content (AvgIpc) is 1.64. The summed E-state index contributed by atoms with van der Waals surface area (Å²) < 4.78 is 126. The topological polar surface area (TPSA) is 603 Å². The maximum atomic E-state index is 13.4. The number of likely N-dealkylation sites (tertiary alicyclic amines) is 4. The Balaban J connectivity index is -0.000000151. The van der Waals surface area contributed by atoms with E-state index in [1.807, 2.05) is 124 Å². The number of cyclic esters (lactones) is 2. The first-order chi connectivity index (χ1) is 56.3. The molecule has 8 amide bonds. The number of nitrogens with zero attached hydrogens (tertiary/aromatic N) is 6. The predicted octanol–water partition coefficient (Wildman–Crippen LogP) is -9.90. The van der Waals surface area contributed by atoms with Crippen LogP contribution in [0.3, 0.4) is 0 Å². The van der Waals surface area contributed by atoms with Crippen molar-refractivity contribution in [3.05, 3.63) is 71.8 Å². The molecule has 0 saturated carbocycles. The molecule has 6 heterocycles. The zero-order valence-electron chi connectivity index (χ0n) is 80.8. The maximum Gasteiger partial charge on any atom is 1.00 e. The average molecular weight is 1960 g/mol. The van der Waals surface area contributed by atoms with Gasteiger partial charge in [-0.2, -0.15) is 22.0 Å². The quantitative estimate of drug-likeness (QED) is 0.00890. The first kappa shape index (κ1) is 151. The second-order valence-electron chi connectivity index (χ2n) is 33.0. The van der Waals surface area contributed by atoms with Crippen LogP contribution in [0.5, 0.6) is 0 Å². The van der Waals surface area contributed by atoms with Gasteiger partial charge in [0.25, 0.3) is 0 Å². The van der Waals surface area contributed by atoms with Crippen LogP contribution in [0.1, 0.15) is 199 Å². The number of methoxy groups -OCH3 is 2. The number of hydrogen-bond acceptors (Lipinski definition) is 34. The van der Waals surface area contributed by atoms with Gasteiger partial charge < -0.3 is 124 Å². The number of ether oxygens (including phenoxy) is 8. The number of imide groups is 2. The molecular weight excluding hydrogens is 1830 g/mol. The van der Waals surface area contributed by atoms with Gasteiger partial charge in [-0.25, -0.2) is 38.6 Å². The molecule has 54 heteroatoms. The number of hydrogen-bond donors (Lipinski definition) is 8. The molecule has 6 aliphatic rings. The number of benzene rings is 2. The molecule has 41 nitrogen and oxygen atoms in total. The van der Waals surface area contributed by atoms with Gasteiger partial charge in [0.1, 0.15) is 55.9 Å². The predicted molar refractivity (Wildman–Crippen MR) is 435 cm³/mol. The van der Waals surface area contributed by atoms with Crippen LogP contribution in [0.15, 0.2) is 60.7 Å². The van der Waals surface area contributed by atoms with E-state index >= 15 is 0 Å². The van der Waals surface area contributed by atoms with Gasteiger partial charge in [0.15, 0.2) is 0 Å². The van der Waals surface area contributed by atoms with Gasteiger partial charge in [-0.3, -0.25) is 53.2 Å². The number of aliphatic hydroxyl groups excluding tert-OH is 2. The number of halogens is 4. The Labute approximate surface area is 881 Å². The Kier molecular flexibility index (Phi) is 84.8. The first-order valence-corrected chi connectivity index (χ1v) is 40.7. The van der Waals surface area contributed by atoms with Crippen molar-refractivity contribution in [2.75, 3.05) is 61.7 Å². The molecule has 131 heavy (non-hydrogen) atoms. The van der Waals surface area contributed by atoms with Crippen LogP contribution < -0.4 is 161 Å². The molecule has 16 atom stereocenters. The molecule has 6 aliphatic heterocycles. The Morgan fingerprint density at radius 1 is 0.458 bits per heavy atom. The normalized spacial score (nSPS) is 20.2. The van der Waals surface area contributed by atoms with Crippen molar-refractivity contribution in [3.8, 4) is 0 Å². The molecule has 0 bridgehead atoms. The molecule has 6 fully saturated rings. The molecule has 0 unspecified atom stereocenters. The third-order valence-electron chi connectivity index (χ3n) is 18.6. The van der Waals surface area contributed by atoms with Gasteiger partial charge in [-0.15, -0.1) is 0 Å². The van der Waals surface area contributed by atoms with Crippen molar-refractivity contribution in [2.45, 2.75) is 271 Å². The Bertz CT molecular complexity index is 3690. The van der Waals surface area contributed by atoms with E-state index in [-0.39, 0.29) is 190 Å². The fraction of sp³-hybridized carbons (Fsp3) is 0.714. The zero-order valence-corrected chi connectivity index (χ0v) is 90.4. The Morgan fingerprint density at radius 3 is 0.885 bits per heavy atom. The molecule has 2 aromatic rings. The first-order valence-electron chi connectivity index (χ1n) is 38.7. The molecule has 8 rings (SSSR count). The number of carbonyl (C=O) groups excluding carboxylic acids is 8. The van der Waals surface area contributed by atoms with Crippen molar-refractivity contribution < 1.29 is 342 Å². The van der Waals surface area contributed by atoms with Crippen molar-refractivity contribution in [2.24, 2.45) is 23.7 Å². The second kappa shape index (κ2) is 73.8. The largest absolute Gasteiger partial charge is 1.00 e. The van der Waals surface area contributed by atoms with Crippen LogP contribution in [-0.2, 0) is 100 Å². The molecule has 0 aromatic heterocycles. The van der Waals surface area contributed by atoms with Crippen molar-refractivity contribution in [1.82, 2.24) is 29.4 Å². The summed E-state index contributed by atoms with van der Waals surface area (Å²) >= 11 is 0. The molecule has 0 spiro atoms. The maximum absolute atomic E-state index is 13.4. The van der Waals surface area contributed by atoms with Crippen molar-refractivity contribution >= 4 is 89.8 Å². The Morgan fingerprint density at radius 2 is 0.664 bits per heavy atom. The molecule has 726 valence electrons. The summed E-state index contributed by atoms with van der Waals surface area (Å²) in [5.74, 6) is -6.00. The summed E-state index contributed by atoms with van der Waals surface area (Å²) in [4.78, 5) is 132. The third-order valence-corrected chi connectivity index (χ3v) is 18.6. The Hall–Kier alpha value is -3.30. The second-order valence-corrected chi connectivity index (χ2v) is 33.8. The van der Waals surface area contributed by atoms with E-state index in [1.54, 1.807) is 86.0 Å². The van der Waals surface area contributed by atoms with Gasteiger partial charge in [0, 0.05) is 40.4 Å². The summed E-state index contributed by atoms with van der Waals surface area (Å²) in [7, 11) is -1.13. The minimum atomic E-state index is -3.67. The van der Waals surface area contributed by atoms with Gasteiger partial charge >= 0.3 is 212 Å². The minimum absolute atomic E-state index is 0. The van der Waals surface area contributed by atoms with E-state index in [2.05, 4.69) is 4.37 Å². The fourth-order valence-electron chi connectivity index (χ4n) is 13.5. The number of amides is 8. The van der Waals surface area contributed by atoms with E-state index in [9.17, 15) is 71.1 Å². The summed E-state index contributed by atoms with van der Waals surface area (Å²) in [6.07, 6.45) is -1.93. The van der Waals surface area contributed by atoms with Crippen LogP contribution in [0.4, 0.5) is 41.7 Å². The smallest absolute Gasteiger partial charge is 1.00 e. The summed E-state index contributed by atoms with van der Waals surface area (Å²) in [6, 6.07) is 16.1. The van der Waals surface area contributed by atoms with Crippen LogP contribution in [0.25, 0.3) is 0 Å². The van der Waals surface area contributed by atoms with Gasteiger partial charge in [-0.1, -0.05) is 74.5 Å². The van der Waals surface area contributed by atoms with E-state index < -0.39 is 191 Å². The molecule has 0 aliphatic carbocycles. The molecule has 10 N–H and O–H groups in total. The standard InChI is InChI=1S/C24H34N2O6.C23H32N2O6.C14H25NO5.C13H23NO5.C3H9O.BF3.FH.2Li.4Na.2O3S.2H2O2.2H2O/c1-15(19(30-6)18-13-10-14-25(18)22(28)32-24(3,4)5)21(27)26-16(2)20(31-23(26)29)17-11-8-7-9-12-17;1-14(18(26)17-12-9-13-24(17)21(28)31-23(3,4)5)20(27)25-15(2)19(30-22(25)29)16-10-7-6-8-11-16;1-9(12(16)17)11(19-5)10-7-6-8-15(10)13(18)20-14(2,3)4;1-8(11(16)17)10(15)9-6-5-7-14(9)12(18)19-13(2,3)4;1-4(2)3;2-1(3)4;;;;;;;;2*1-4(2)3;2*1-2;;/h7-9,11-12,15-16,18-20H,10,13-14H2,1-6H3;6-8,10-11,14-15,17-19,26H,9,12-13H2,1-5H3;9-11H,6-8H2,1-5H3,(H,16,17);8-10,15H,5-7H2,1-4H3,(H,16,17);1-3H3;;1H;;;;;;;;;2*1-2H;2*1H2/q;;;;+1;;;6*+1;2*-2;;;;/p-3/t15-,16-,18+,19-,20-;14-,15-,17+,18-,19-;9-,10+,11-;8-,9+,10-;;;;;;;;;;;;;;;/m1111.............../s1. The summed E-state index contributed by atoms with van der Waals surface area (Å²) in [5, 5.41) is 63.1. The van der Waals surface area contributed by atoms with Crippen molar-refractivity contribution in [3.63, 3.8) is 0 Å². The van der Waals surface area contributed by atoms with Crippen molar-refractivity contribution in [1.29, 1.82) is 0 Å². The zero-order chi connectivity index (χ0) is 95.2. The van der Waals surface area contributed by atoms with Crippen LogP contribution in [0.2, 0.25) is 0 Å². The fourth-order valence-corrected chi connectivity index (χ4v) is 13.5. The van der Waals surface area contributed by atoms with Gasteiger partial charge in [0.05, 0.1) is 84.3 Å². The number of aliphatic carboxylic acids is 2. The SMILES string of the molecule is CO[C@H]([C@@H](C)C(=O)N1C(=O)O[C@@H](c2ccccc2)[C@H]1C)[C@@H]1CCCN1C(=O)OC(C)(C)C.CO[C@H]([C@@H](C)C(=O)O)[C@@H]1CCCN1C(=O)OC(C)(C)C.C[C@@H](C(=O)O)[C@@H](O)[C@@H]1CCCN1C(=O)OC(C)(C)C.C[C@@H]1[C@H](c2ccccc2)OC(=O)N1C(=O)[C@H](C)[C@@H](O)[C@@H]1CCCN1C(=O)OC(C)(C)C.C[O+](C)C.FB(F)F.O=[S-](=O)[O-].O=[S-](=O)[O-].OO.OO.[F-].[Li+].[Li+].[Na+].[Na+].[Na+].[Na+].[OH-].[OH-].